The molecular weight excluding hydrogens is 160 g/mol. The van der Waals surface area contributed by atoms with Crippen LogP contribution in [-0.2, 0) is 0 Å². The van der Waals surface area contributed by atoms with Crippen LogP contribution in [0.2, 0.25) is 0 Å². The zero-order chi connectivity index (χ0) is 9.10. The maximum absolute atomic E-state index is 4.01. The van der Waals surface area contributed by atoms with Gasteiger partial charge in [-0.1, -0.05) is 13.3 Å². The highest BCUT2D eigenvalue weighted by Crippen LogP contribution is 2.36. The molecule has 0 saturated heterocycles. The van der Waals surface area contributed by atoms with E-state index < -0.39 is 0 Å². The number of rotatable bonds is 2. The molecule has 1 aromatic rings. The molecule has 13 heavy (non-hydrogen) atoms. The van der Waals surface area contributed by atoms with E-state index in [9.17, 15) is 0 Å². The normalized spacial score (nSPS) is 29.0. The fourth-order valence-corrected chi connectivity index (χ4v) is 2.39. The second-order valence-electron chi connectivity index (χ2n) is 4.16. The molecule has 0 aliphatic heterocycles. The van der Waals surface area contributed by atoms with Crippen molar-refractivity contribution in [1.29, 1.82) is 0 Å². The van der Waals surface area contributed by atoms with Crippen LogP contribution in [0.3, 0.4) is 0 Å². The van der Waals surface area contributed by atoms with Crippen molar-refractivity contribution >= 4 is 0 Å². The van der Waals surface area contributed by atoms with E-state index in [2.05, 4.69) is 23.3 Å². The Morgan fingerprint density at radius 1 is 1.38 bits per heavy atom. The molecule has 1 heterocycles. The van der Waals surface area contributed by atoms with Crippen LogP contribution in [0, 0.1) is 5.92 Å². The first kappa shape index (κ1) is 8.79. The van der Waals surface area contributed by atoms with Crippen molar-refractivity contribution in [3.63, 3.8) is 0 Å². The Morgan fingerprint density at radius 2 is 2.15 bits per heavy atom. The zero-order valence-electron chi connectivity index (χ0n) is 8.29. The molecule has 0 bridgehead atoms. The summed E-state index contributed by atoms with van der Waals surface area (Å²) in [5.74, 6) is 1.77. The Bertz CT molecular complexity index is 233. The third-order valence-corrected chi connectivity index (χ3v) is 3.41. The van der Waals surface area contributed by atoms with Crippen molar-refractivity contribution in [2.24, 2.45) is 5.92 Å². The minimum absolute atomic E-state index is 0.779. The largest absolute Gasteiger partial charge is 0.285 e. The van der Waals surface area contributed by atoms with E-state index in [1.165, 1.54) is 37.7 Å². The molecule has 1 fully saturated rings. The molecule has 0 atom stereocenters. The maximum Gasteiger partial charge on any atom is 0.0522 e. The standard InChI is InChI=1S/C11H18N2/c1-2-9-3-5-10(6-4-9)11-7-12-13-8-11/h7-10H,2-6H2,1H3,(H,12,13). The number of aromatic amines is 1. The van der Waals surface area contributed by atoms with E-state index in [0.717, 1.165) is 11.8 Å². The summed E-state index contributed by atoms with van der Waals surface area (Å²) in [6, 6.07) is 0. The van der Waals surface area contributed by atoms with E-state index in [4.69, 9.17) is 0 Å². The maximum atomic E-state index is 4.01. The molecule has 0 amide bonds. The monoisotopic (exact) mass is 178 g/mol. The number of aromatic nitrogens is 2. The average Bonchev–Trinajstić information content (AvgIpc) is 2.71. The Morgan fingerprint density at radius 3 is 2.69 bits per heavy atom. The van der Waals surface area contributed by atoms with Crippen molar-refractivity contribution in [2.45, 2.75) is 44.9 Å². The number of hydrogen-bond donors (Lipinski definition) is 1. The van der Waals surface area contributed by atoms with Gasteiger partial charge in [-0.15, -0.1) is 0 Å². The van der Waals surface area contributed by atoms with Crippen molar-refractivity contribution in [3.8, 4) is 0 Å². The van der Waals surface area contributed by atoms with Gasteiger partial charge in [-0.3, -0.25) is 5.10 Å². The lowest BCUT2D eigenvalue weighted by Gasteiger charge is -2.26. The van der Waals surface area contributed by atoms with Crippen molar-refractivity contribution in [1.82, 2.24) is 10.2 Å². The lowest BCUT2D eigenvalue weighted by atomic mass is 9.79. The molecule has 1 saturated carbocycles. The second kappa shape index (κ2) is 3.95. The minimum atomic E-state index is 0.779. The molecule has 0 aromatic carbocycles. The van der Waals surface area contributed by atoms with Crippen LogP contribution in [0.15, 0.2) is 12.4 Å². The molecule has 2 heteroatoms. The summed E-state index contributed by atoms with van der Waals surface area (Å²) in [4.78, 5) is 0. The molecular formula is C11H18N2. The number of nitrogens with zero attached hydrogens (tertiary/aromatic N) is 1. The molecule has 1 aromatic heterocycles. The highest BCUT2D eigenvalue weighted by atomic mass is 15.1. The van der Waals surface area contributed by atoms with E-state index in [0.29, 0.717) is 0 Å². The fourth-order valence-electron chi connectivity index (χ4n) is 2.39. The van der Waals surface area contributed by atoms with Gasteiger partial charge < -0.3 is 0 Å². The summed E-state index contributed by atoms with van der Waals surface area (Å²) in [6.45, 7) is 2.31. The molecule has 0 unspecified atom stereocenters. The summed E-state index contributed by atoms with van der Waals surface area (Å²) in [6.07, 6.45) is 10.9. The first-order valence-corrected chi connectivity index (χ1v) is 5.38. The summed E-state index contributed by atoms with van der Waals surface area (Å²) in [5, 5.41) is 6.91. The summed E-state index contributed by atoms with van der Waals surface area (Å²) in [7, 11) is 0. The van der Waals surface area contributed by atoms with E-state index in [-0.39, 0.29) is 0 Å². The molecule has 0 radical (unpaired) electrons. The van der Waals surface area contributed by atoms with Crippen LogP contribution in [0.4, 0.5) is 0 Å². The summed E-state index contributed by atoms with van der Waals surface area (Å²) < 4.78 is 0. The molecule has 2 nitrogen and oxygen atoms in total. The van der Waals surface area contributed by atoms with Gasteiger partial charge in [-0.2, -0.15) is 5.10 Å². The average molecular weight is 178 g/mol. The number of nitrogens with one attached hydrogen (secondary N) is 1. The quantitative estimate of drug-likeness (QED) is 0.740. The van der Waals surface area contributed by atoms with Gasteiger partial charge in [0.2, 0.25) is 0 Å². The smallest absolute Gasteiger partial charge is 0.0522 e. The van der Waals surface area contributed by atoms with Crippen LogP contribution in [0.25, 0.3) is 0 Å². The van der Waals surface area contributed by atoms with Gasteiger partial charge in [-0.05, 0) is 43.1 Å². The third kappa shape index (κ3) is 1.93. The van der Waals surface area contributed by atoms with Crippen LogP contribution < -0.4 is 0 Å². The first-order chi connectivity index (χ1) is 6.40. The Hall–Kier alpha value is -0.790. The zero-order valence-corrected chi connectivity index (χ0v) is 8.29. The van der Waals surface area contributed by atoms with E-state index in [1.54, 1.807) is 0 Å². The van der Waals surface area contributed by atoms with Crippen molar-refractivity contribution < 1.29 is 0 Å². The SMILES string of the molecule is CCC1CCC(c2cn[nH]c2)CC1. The fraction of sp³-hybridized carbons (Fsp3) is 0.727. The first-order valence-electron chi connectivity index (χ1n) is 5.38. The van der Waals surface area contributed by atoms with Gasteiger partial charge in [0.15, 0.2) is 0 Å². The molecule has 0 spiro atoms. The predicted octanol–water partition coefficient (Wildman–Crippen LogP) is 3.09. The summed E-state index contributed by atoms with van der Waals surface area (Å²) >= 11 is 0. The van der Waals surface area contributed by atoms with E-state index >= 15 is 0 Å². The van der Waals surface area contributed by atoms with Crippen LogP contribution in [-0.4, -0.2) is 10.2 Å². The summed E-state index contributed by atoms with van der Waals surface area (Å²) in [5.41, 5.74) is 1.41. The lowest BCUT2D eigenvalue weighted by Crippen LogP contribution is -2.12. The van der Waals surface area contributed by atoms with Gasteiger partial charge in [0, 0.05) is 6.20 Å². The van der Waals surface area contributed by atoms with Gasteiger partial charge >= 0.3 is 0 Å². The van der Waals surface area contributed by atoms with Crippen LogP contribution >= 0.6 is 0 Å². The minimum Gasteiger partial charge on any atom is -0.285 e. The van der Waals surface area contributed by atoms with Crippen molar-refractivity contribution in [3.05, 3.63) is 18.0 Å². The van der Waals surface area contributed by atoms with Gasteiger partial charge in [-0.25, -0.2) is 0 Å². The molecule has 1 N–H and O–H groups in total. The van der Waals surface area contributed by atoms with E-state index in [1.807, 2.05) is 6.20 Å². The number of H-pyrrole nitrogens is 1. The molecule has 1 aliphatic carbocycles. The Balaban J connectivity index is 1.92. The third-order valence-electron chi connectivity index (χ3n) is 3.41. The predicted molar refractivity (Wildman–Crippen MR) is 53.6 cm³/mol. The second-order valence-corrected chi connectivity index (χ2v) is 4.16. The molecule has 72 valence electrons. The molecule has 1 aliphatic rings. The van der Waals surface area contributed by atoms with Crippen LogP contribution in [0.1, 0.15) is 50.5 Å². The topological polar surface area (TPSA) is 28.7 Å². The van der Waals surface area contributed by atoms with Gasteiger partial charge in [0.25, 0.3) is 0 Å². The Labute approximate surface area is 79.7 Å². The lowest BCUT2D eigenvalue weighted by molar-refractivity contribution is 0.319. The molecule has 2 rings (SSSR count). The van der Waals surface area contributed by atoms with Crippen molar-refractivity contribution in [2.75, 3.05) is 0 Å². The van der Waals surface area contributed by atoms with Gasteiger partial charge in [0.05, 0.1) is 6.20 Å². The highest BCUT2D eigenvalue weighted by molar-refractivity contribution is 5.10. The van der Waals surface area contributed by atoms with Crippen LogP contribution in [0.5, 0.6) is 0 Å². The number of hydrogen-bond acceptors (Lipinski definition) is 1. The van der Waals surface area contributed by atoms with Gasteiger partial charge in [0.1, 0.15) is 0 Å². The highest BCUT2D eigenvalue weighted by Gasteiger charge is 2.21. The Kier molecular flexibility index (Phi) is 2.67.